The van der Waals surface area contributed by atoms with Gasteiger partial charge in [0, 0.05) is 25.1 Å². The number of halogens is 1. The molecule has 1 aromatic heterocycles. The average Bonchev–Trinajstić information content (AvgIpc) is 2.90. The van der Waals surface area contributed by atoms with Gasteiger partial charge in [0.25, 0.3) is 0 Å². The Labute approximate surface area is 156 Å². The fourth-order valence-electron chi connectivity index (χ4n) is 2.06. The Hall–Kier alpha value is -1.40. The van der Waals surface area contributed by atoms with Crippen molar-refractivity contribution >= 4 is 39.5 Å². The van der Waals surface area contributed by atoms with Crippen LogP contribution >= 0.6 is 27.5 Å². The van der Waals surface area contributed by atoms with Gasteiger partial charge in [-0.2, -0.15) is 4.37 Å². The molecule has 6 heteroatoms. The highest BCUT2D eigenvalue weighted by molar-refractivity contribution is 9.10. The van der Waals surface area contributed by atoms with Crippen LogP contribution in [0.5, 0.6) is 10.8 Å². The van der Waals surface area contributed by atoms with E-state index >= 15 is 0 Å². The molecule has 0 atom stereocenters. The van der Waals surface area contributed by atoms with Crippen LogP contribution in [-0.2, 0) is 0 Å². The van der Waals surface area contributed by atoms with Crippen LogP contribution in [0.15, 0.2) is 21.6 Å². The zero-order valence-electron chi connectivity index (χ0n) is 15.1. The van der Waals surface area contributed by atoms with E-state index in [9.17, 15) is 0 Å². The lowest BCUT2D eigenvalue weighted by atomic mass is 10.1. The minimum Gasteiger partial charge on any atom is -0.444 e. The number of ether oxygens (including phenoxy) is 1. The van der Waals surface area contributed by atoms with Crippen molar-refractivity contribution < 1.29 is 4.74 Å². The molecule has 0 aliphatic heterocycles. The van der Waals surface area contributed by atoms with E-state index in [4.69, 9.17) is 4.74 Å². The summed E-state index contributed by atoms with van der Waals surface area (Å²) in [5, 5.41) is 0.795. The van der Waals surface area contributed by atoms with Crippen LogP contribution < -0.4 is 4.74 Å². The third-order valence-electron chi connectivity index (χ3n) is 3.77. The van der Waals surface area contributed by atoms with Crippen LogP contribution in [0.3, 0.4) is 0 Å². The van der Waals surface area contributed by atoms with E-state index in [1.54, 1.807) is 0 Å². The lowest BCUT2D eigenvalue weighted by Gasteiger charge is -2.12. The molecule has 0 unspecified atom stereocenters. The molecule has 130 valence electrons. The quantitative estimate of drug-likeness (QED) is 0.430. The second-order valence-electron chi connectivity index (χ2n) is 6.15. The van der Waals surface area contributed by atoms with Gasteiger partial charge >= 0.3 is 0 Å². The normalized spacial score (nSPS) is 11.5. The molecular formula is C18H24BrN3OS. The first-order chi connectivity index (χ1) is 11.3. The van der Waals surface area contributed by atoms with Gasteiger partial charge < -0.3 is 9.64 Å². The lowest BCUT2D eigenvalue weighted by molar-refractivity contribution is 0.488. The Kier molecular flexibility index (Phi) is 6.40. The van der Waals surface area contributed by atoms with Crippen LogP contribution in [0.1, 0.15) is 43.5 Å². The number of hydrogen-bond donors (Lipinski definition) is 0. The predicted molar refractivity (Wildman–Crippen MR) is 106 cm³/mol. The van der Waals surface area contributed by atoms with E-state index in [2.05, 4.69) is 52.1 Å². The zero-order chi connectivity index (χ0) is 17.9. The van der Waals surface area contributed by atoms with Gasteiger partial charge in [-0.25, -0.2) is 4.99 Å². The van der Waals surface area contributed by atoms with E-state index in [0.717, 1.165) is 44.3 Å². The SMILES string of the molecule is CCN(C)/C=N\c1cc(C)c(Oc2snc(C(C)C)c2Br)cc1C. The average molecular weight is 410 g/mol. The topological polar surface area (TPSA) is 37.7 Å². The number of benzene rings is 1. The molecule has 2 aromatic rings. The number of aliphatic imine (C=N–C) groups is 1. The molecule has 0 spiro atoms. The zero-order valence-corrected chi connectivity index (χ0v) is 17.5. The first kappa shape index (κ1) is 18.9. The van der Waals surface area contributed by atoms with Gasteiger partial charge in [-0.05, 0) is 65.9 Å². The van der Waals surface area contributed by atoms with Gasteiger partial charge in [-0.1, -0.05) is 13.8 Å². The number of rotatable bonds is 6. The van der Waals surface area contributed by atoms with E-state index in [0.29, 0.717) is 5.92 Å². The molecule has 0 bridgehead atoms. The van der Waals surface area contributed by atoms with E-state index in [1.807, 2.05) is 38.2 Å². The van der Waals surface area contributed by atoms with Gasteiger partial charge in [0.1, 0.15) is 5.75 Å². The summed E-state index contributed by atoms with van der Waals surface area (Å²) in [7, 11) is 2.01. The molecule has 1 heterocycles. The maximum Gasteiger partial charge on any atom is 0.214 e. The highest BCUT2D eigenvalue weighted by Crippen LogP contribution is 2.40. The van der Waals surface area contributed by atoms with Gasteiger partial charge in [0.15, 0.2) is 0 Å². The van der Waals surface area contributed by atoms with E-state index in [1.165, 1.54) is 11.5 Å². The molecule has 4 nitrogen and oxygen atoms in total. The third-order valence-corrected chi connectivity index (χ3v) is 5.54. The second kappa shape index (κ2) is 8.12. The Balaban J connectivity index is 2.26. The van der Waals surface area contributed by atoms with Gasteiger partial charge in [0.2, 0.25) is 5.06 Å². The summed E-state index contributed by atoms with van der Waals surface area (Å²) in [6.45, 7) is 11.4. The number of hydrogen-bond acceptors (Lipinski definition) is 4. The number of aryl methyl sites for hydroxylation is 2. The second-order valence-corrected chi connectivity index (χ2v) is 7.68. The molecule has 0 N–H and O–H groups in total. The van der Waals surface area contributed by atoms with E-state index < -0.39 is 0 Å². The highest BCUT2D eigenvalue weighted by Gasteiger charge is 2.17. The summed E-state index contributed by atoms with van der Waals surface area (Å²) in [6.07, 6.45) is 1.86. The summed E-state index contributed by atoms with van der Waals surface area (Å²) < 4.78 is 11.5. The summed E-state index contributed by atoms with van der Waals surface area (Å²) in [5.74, 6) is 1.21. The summed E-state index contributed by atoms with van der Waals surface area (Å²) in [4.78, 5) is 6.60. The highest BCUT2D eigenvalue weighted by atomic mass is 79.9. The van der Waals surface area contributed by atoms with Crippen molar-refractivity contribution in [3.63, 3.8) is 0 Å². The monoisotopic (exact) mass is 409 g/mol. The molecule has 2 rings (SSSR count). The smallest absolute Gasteiger partial charge is 0.214 e. The minimum absolute atomic E-state index is 0.364. The molecule has 0 aliphatic rings. The fourth-order valence-corrected chi connectivity index (χ4v) is 3.82. The first-order valence-electron chi connectivity index (χ1n) is 8.02. The van der Waals surface area contributed by atoms with Crippen LogP contribution in [0.2, 0.25) is 0 Å². The number of nitrogens with zero attached hydrogens (tertiary/aromatic N) is 3. The van der Waals surface area contributed by atoms with Gasteiger partial charge in [-0.3, -0.25) is 0 Å². The van der Waals surface area contributed by atoms with Crippen LogP contribution in [-0.4, -0.2) is 29.2 Å². The maximum absolute atomic E-state index is 6.10. The van der Waals surface area contributed by atoms with Crippen LogP contribution in [0.4, 0.5) is 5.69 Å². The lowest BCUT2D eigenvalue weighted by Crippen LogP contribution is -2.14. The molecule has 0 fully saturated rings. The van der Waals surface area contributed by atoms with Crippen molar-refractivity contribution in [2.24, 2.45) is 4.99 Å². The fraction of sp³-hybridized carbons (Fsp3) is 0.444. The van der Waals surface area contributed by atoms with E-state index in [-0.39, 0.29) is 0 Å². The van der Waals surface area contributed by atoms with Crippen molar-refractivity contribution in [1.29, 1.82) is 0 Å². The van der Waals surface area contributed by atoms with Crippen molar-refractivity contribution in [2.75, 3.05) is 13.6 Å². The van der Waals surface area contributed by atoms with Gasteiger partial charge in [0.05, 0.1) is 22.2 Å². The Morgan fingerprint density at radius 1 is 1.33 bits per heavy atom. The first-order valence-corrected chi connectivity index (χ1v) is 9.58. The molecule has 24 heavy (non-hydrogen) atoms. The standard InChI is InChI=1S/C18H24BrN3OS/c1-7-22(6)10-20-14-8-13(5)15(9-12(14)4)23-18-16(19)17(11(2)3)21-24-18/h8-11H,7H2,1-6H3/b20-10-. The Bertz CT molecular complexity index is 740. The summed E-state index contributed by atoms with van der Waals surface area (Å²) >= 11 is 4.99. The molecule has 0 saturated carbocycles. The molecule has 1 aromatic carbocycles. The summed E-state index contributed by atoms with van der Waals surface area (Å²) in [6, 6.07) is 4.10. The maximum atomic E-state index is 6.10. The molecule has 0 radical (unpaired) electrons. The largest absolute Gasteiger partial charge is 0.444 e. The molecule has 0 amide bonds. The Morgan fingerprint density at radius 2 is 2.04 bits per heavy atom. The van der Waals surface area contributed by atoms with Gasteiger partial charge in [-0.15, -0.1) is 0 Å². The predicted octanol–water partition coefficient (Wildman–Crippen LogP) is 6.05. The van der Waals surface area contributed by atoms with Crippen molar-refractivity contribution in [1.82, 2.24) is 9.27 Å². The molecular weight excluding hydrogens is 386 g/mol. The summed E-state index contributed by atoms with van der Waals surface area (Å²) in [5.41, 5.74) is 4.14. The van der Waals surface area contributed by atoms with Crippen LogP contribution in [0, 0.1) is 13.8 Å². The Morgan fingerprint density at radius 3 is 2.62 bits per heavy atom. The molecule has 0 saturated heterocycles. The number of aromatic nitrogens is 1. The van der Waals surface area contributed by atoms with Crippen molar-refractivity contribution in [2.45, 2.75) is 40.5 Å². The van der Waals surface area contributed by atoms with Crippen molar-refractivity contribution in [3.8, 4) is 10.8 Å². The third kappa shape index (κ3) is 4.36. The minimum atomic E-state index is 0.364. The van der Waals surface area contributed by atoms with Crippen LogP contribution in [0.25, 0.3) is 0 Å². The molecule has 0 aliphatic carbocycles. The van der Waals surface area contributed by atoms with Crippen molar-refractivity contribution in [3.05, 3.63) is 33.4 Å².